The summed E-state index contributed by atoms with van der Waals surface area (Å²) in [5, 5.41) is 6.61. The third-order valence-corrected chi connectivity index (χ3v) is 4.36. The molecule has 0 spiro atoms. The van der Waals surface area contributed by atoms with Crippen molar-refractivity contribution >= 4 is 24.1 Å². The van der Waals surface area contributed by atoms with Crippen LogP contribution in [0.15, 0.2) is 83.9 Å². The van der Waals surface area contributed by atoms with E-state index in [2.05, 4.69) is 20.8 Å². The Morgan fingerprint density at radius 2 is 1.72 bits per heavy atom. The molecular weight excluding hydrogens is 408 g/mol. The van der Waals surface area contributed by atoms with Gasteiger partial charge in [-0.25, -0.2) is 5.43 Å². The van der Waals surface area contributed by atoms with Crippen molar-refractivity contribution in [3.05, 3.63) is 95.4 Å². The average Bonchev–Trinajstić information content (AvgIpc) is 2.84. The SMILES string of the molecule is COc1ccc(/C=C(/NC(=O)c2ccccc2)C(=O)N/N=C\c2ccncc2)c(OC)c1. The highest BCUT2D eigenvalue weighted by molar-refractivity contribution is 6.05. The molecule has 0 bridgehead atoms. The van der Waals surface area contributed by atoms with E-state index < -0.39 is 11.8 Å². The zero-order valence-electron chi connectivity index (χ0n) is 17.6. The van der Waals surface area contributed by atoms with Crippen LogP contribution < -0.4 is 20.2 Å². The number of carbonyl (C=O) groups excluding carboxylic acids is 2. The number of hydrogen-bond acceptors (Lipinski definition) is 6. The molecule has 0 aliphatic carbocycles. The van der Waals surface area contributed by atoms with Crippen molar-refractivity contribution in [1.82, 2.24) is 15.7 Å². The number of ether oxygens (including phenoxy) is 2. The van der Waals surface area contributed by atoms with Gasteiger partial charge in [0.15, 0.2) is 0 Å². The zero-order chi connectivity index (χ0) is 22.8. The Bertz CT molecular complexity index is 1130. The second kappa shape index (κ2) is 11.1. The van der Waals surface area contributed by atoms with Gasteiger partial charge in [-0.15, -0.1) is 0 Å². The van der Waals surface area contributed by atoms with Gasteiger partial charge in [-0.1, -0.05) is 18.2 Å². The lowest BCUT2D eigenvalue weighted by Gasteiger charge is -2.11. The van der Waals surface area contributed by atoms with Gasteiger partial charge in [-0.2, -0.15) is 5.10 Å². The summed E-state index contributed by atoms with van der Waals surface area (Å²) >= 11 is 0. The van der Waals surface area contributed by atoms with Crippen molar-refractivity contribution < 1.29 is 19.1 Å². The van der Waals surface area contributed by atoms with Crippen LogP contribution in [0.5, 0.6) is 11.5 Å². The Hall–Kier alpha value is -4.46. The van der Waals surface area contributed by atoms with Crippen molar-refractivity contribution in [2.24, 2.45) is 5.10 Å². The first-order chi connectivity index (χ1) is 15.6. The van der Waals surface area contributed by atoms with Gasteiger partial charge in [0.25, 0.3) is 11.8 Å². The first kappa shape index (κ1) is 22.2. The molecule has 0 saturated heterocycles. The summed E-state index contributed by atoms with van der Waals surface area (Å²) in [4.78, 5) is 29.4. The van der Waals surface area contributed by atoms with Crippen LogP contribution in [-0.2, 0) is 4.79 Å². The number of hydrazone groups is 1. The molecule has 0 atom stereocenters. The molecule has 2 N–H and O–H groups in total. The fourth-order valence-corrected chi connectivity index (χ4v) is 2.71. The average molecular weight is 430 g/mol. The van der Waals surface area contributed by atoms with Crippen LogP contribution >= 0.6 is 0 Å². The maximum absolute atomic E-state index is 12.8. The zero-order valence-corrected chi connectivity index (χ0v) is 17.6. The van der Waals surface area contributed by atoms with Crippen LogP contribution in [0, 0.1) is 0 Å². The highest BCUT2D eigenvalue weighted by Crippen LogP contribution is 2.26. The number of carbonyl (C=O) groups is 2. The van der Waals surface area contributed by atoms with Crippen molar-refractivity contribution in [2.75, 3.05) is 14.2 Å². The van der Waals surface area contributed by atoms with E-state index in [0.29, 0.717) is 22.6 Å². The molecule has 0 saturated carbocycles. The normalized spacial score (nSPS) is 11.1. The fourth-order valence-electron chi connectivity index (χ4n) is 2.71. The molecule has 0 radical (unpaired) electrons. The second-order valence-corrected chi connectivity index (χ2v) is 6.47. The lowest BCUT2D eigenvalue weighted by Crippen LogP contribution is -2.32. The minimum atomic E-state index is -0.600. The molecule has 3 aromatic rings. The Morgan fingerprint density at radius 1 is 0.969 bits per heavy atom. The molecule has 1 heterocycles. The van der Waals surface area contributed by atoms with Crippen molar-refractivity contribution in [3.63, 3.8) is 0 Å². The summed E-state index contributed by atoms with van der Waals surface area (Å²) in [7, 11) is 3.05. The second-order valence-electron chi connectivity index (χ2n) is 6.47. The molecule has 162 valence electrons. The summed E-state index contributed by atoms with van der Waals surface area (Å²) in [5.74, 6) is 0.0409. The van der Waals surface area contributed by atoms with Gasteiger partial charge in [0, 0.05) is 29.6 Å². The van der Waals surface area contributed by atoms with Crippen LogP contribution in [-0.4, -0.2) is 37.2 Å². The van der Waals surface area contributed by atoms with E-state index >= 15 is 0 Å². The topological polar surface area (TPSA) is 102 Å². The van der Waals surface area contributed by atoms with E-state index in [1.807, 2.05) is 0 Å². The number of rotatable bonds is 8. The third kappa shape index (κ3) is 6.02. The molecule has 1 aromatic heterocycles. The molecule has 32 heavy (non-hydrogen) atoms. The number of amides is 2. The highest BCUT2D eigenvalue weighted by Gasteiger charge is 2.15. The summed E-state index contributed by atoms with van der Waals surface area (Å²) < 4.78 is 10.6. The van der Waals surface area contributed by atoms with Gasteiger partial charge in [0.05, 0.1) is 20.4 Å². The number of aromatic nitrogens is 1. The maximum Gasteiger partial charge on any atom is 0.287 e. The van der Waals surface area contributed by atoms with Gasteiger partial charge in [0.2, 0.25) is 0 Å². The van der Waals surface area contributed by atoms with Crippen molar-refractivity contribution in [1.29, 1.82) is 0 Å². The number of benzene rings is 2. The molecule has 0 aliphatic rings. The molecule has 0 fully saturated rings. The van der Waals surface area contributed by atoms with Gasteiger partial charge >= 0.3 is 0 Å². The number of nitrogens with one attached hydrogen (secondary N) is 2. The lowest BCUT2D eigenvalue weighted by atomic mass is 10.1. The number of nitrogens with zero attached hydrogens (tertiary/aromatic N) is 2. The monoisotopic (exact) mass is 430 g/mol. The Labute approximate surface area is 185 Å². The standard InChI is InChI=1S/C24H22N4O4/c1-31-20-9-8-19(22(15-20)32-2)14-21(27-23(29)18-6-4-3-5-7-18)24(30)28-26-16-17-10-12-25-13-11-17/h3-16H,1-2H3,(H,27,29)(H,28,30)/b21-14+,26-16-. The van der Waals surface area contributed by atoms with Gasteiger partial charge < -0.3 is 14.8 Å². The summed E-state index contributed by atoms with van der Waals surface area (Å²) in [6.45, 7) is 0. The van der Waals surface area contributed by atoms with Crippen LogP contribution in [0.4, 0.5) is 0 Å². The van der Waals surface area contributed by atoms with E-state index in [0.717, 1.165) is 5.56 Å². The third-order valence-electron chi connectivity index (χ3n) is 4.36. The van der Waals surface area contributed by atoms with Gasteiger partial charge in [0.1, 0.15) is 17.2 Å². The highest BCUT2D eigenvalue weighted by atomic mass is 16.5. The molecule has 2 aromatic carbocycles. The molecule has 8 nitrogen and oxygen atoms in total. The van der Waals surface area contributed by atoms with Crippen LogP contribution in [0.3, 0.4) is 0 Å². The van der Waals surface area contributed by atoms with Crippen LogP contribution in [0.1, 0.15) is 21.5 Å². The maximum atomic E-state index is 12.8. The first-order valence-corrected chi connectivity index (χ1v) is 9.64. The summed E-state index contributed by atoms with van der Waals surface area (Å²) in [6, 6.07) is 17.2. The van der Waals surface area contributed by atoms with E-state index in [9.17, 15) is 9.59 Å². The van der Waals surface area contributed by atoms with E-state index in [1.165, 1.54) is 19.4 Å². The predicted octanol–water partition coefficient (Wildman–Crippen LogP) is 3.02. The summed E-state index contributed by atoms with van der Waals surface area (Å²) in [5.41, 5.74) is 4.17. The lowest BCUT2D eigenvalue weighted by molar-refractivity contribution is -0.117. The number of methoxy groups -OCH3 is 2. The van der Waals surface area contributed by atoms with Crippen molar-refractivity contribution in [2.45, 2.75) is 0 Å². The van der Waals surface area contributed by atoms with Gasteiger partial charge in [-0.05, 0) is 48.0 Å². The van der Waals surface area contributed by atoms with E-state index in [1.54, 1.807) is 80.2 Å². The fraction of sp³-hybridized carbons (Fsp3) is 0.0833. The number of hydrogen-bond donors (Lipinski definition) is 2. The molecular formula is C24H22N4O4. The van der Waals surface area contributed by atoms with Crippen LogP contribution in [0.25, 0.3) is 6.08 Å². The molecule has 0 unspecified atom stereocenters. The molecule has 3 rings (SSSR count). The van der Waals surface area contributed by atoms with Crippen LogP contribution in [0.2, 0.25) is 0 Å². The van der Waals surface area contributed by atoms with E-state index in [-0.39, 0.29) is 5.70 Å². The quantitative estimate of drug-likeness (QED) is 0.325. The minimum absolute atomic E-state index is 0.00537. The van der Waals surface area contributed by atoms with Crippen molar-refractivity contribution in [3.8, 4) is 11.5 Å². The number of pyridine rings is 1. The first-order valence-electron chi connectivity index (χ1n) is 9.64. The molecule has 8 heteroatoms. The largest absolute Gasteiger partial charge is 0.497 e. The minimum Gasteiger partial charge on any atom is -0.497 e. The van der Waals surface area contributed by atoms with E-state index in [4.69, 9.17) is 9.47 Å². The summed E-state index contributed by atoms with van der Waals surface area (Å²) in [6.07, 6.45) is 6.22. The molecule has 0 aliphatic heterocycles. The molecule has 2 amide bonds. The predicted molar refractivity (Wildman–Crippen MR) is 121 cm³/mol. The Morgan fingerprint density at radius 3 is 2.41 bits per heavy atom. The van der Waals surface area contributed by atoms with Gasteiger partial charge in [-0.3, -0.25) is 14.6 Å². The smallest absolute Gasteiger partial charge is 0.287 e. The Balaban J connectivity index is 1.88. The Kier molecular flexibility index (Phi) is 7.69.